The average Bonchev–Trinajstić information content (AvgIpc) is 3.43. The first kappa shape index (κ1) is 18.4. The fourth-order valence-electron chi connectivity index (χ4n) is 3.87. The molecule has 5 rings (SSSR count). The first-order valence-electron chi connectivity index (χ1n) is 9.87. The third-order valence-corrected chi connectivity index (χ3v) is 5.28. The molecule has 4 aromatic heterocycles. The zero-order valence-corrected chi connectivity index (χ0v) is 16.8. The van der Waals surface area contributed by atoms with Crippen molar-refractivity contribution < 1.29 is 13.7 Å². The van der Waals surface area contributed by atoms with Gasteiger partial charge in [0, 0.05) is 36.0 Å². The molecule has 0 bridgehead atoms. The second-order valence-electron chi connectivity index (χ2n) is 7.49. The van der Waals surface area contributed by atoms with Crippen LogP contribution in [-0.4, -0.2) is 25.8 Å². The zero-order chi connectivity index (χ0) is 20.7. The number of furan rings is 1. The molecule has 0 saturated carbocycles. The van der Waals surface area contributed by atoms with Gasteiger partial charge in [0.15, 0.2) is 5.76 Å². The lowest BCUT2D eigenvalue weighted by Crippen LogP contribution is -2.23. The Morgan fingerprint density at radius 1 is 1.23 bits per heavy atom. The standard InChI is InChI=1S/C22H21N5O3/c1-13-9-17(26-30-13)10-24-22(28)21-14(2)19-18(29-21)7-6-15-11-27(25-20(15)19)12-16-5-3-4-8-23-16/h3-5,8-9,11H,6-7,10,12H2,1-2H3,(H,24,28). The third kappa shape index (κ3) is 3.30. The highest BCUT2D eigenvalue weighted by Crippen LogP contribution is 2.38. The van der Waals surface area contributed by atoms with Crippen LogP contribution in [0.3, 0.4) is 0 Å². The number of nitrogens with one attached hydrogen (secondary N) is 1. The second kappa shape index (κ2) is 7.29. The highest BCUT2D eigenvalue weighted by Gasteiger charge is 2.29. The van der Waals surface area contributed by atoms with E-state index in [9.17, 15) is 4.79 Å². The van der Waals surface area contributed by atoms with Crippen molar-refractivity contribution in [1.82, 2.24) is 25.2 Å². The van der Waals surface area contributed by atoms with Gasteiger partial charge in [-0.15, -0.1) is 0 Å². The lowest BCUT2D eigenvalue weighted by atomic mass is 9.93. The average molecular weight is 403 g/mol. The molecular formula is C22H21N5O3. The van der Waals surface area contributed by atoms with Crippen LogP contribution < -0.4 is 5.32 Å². The Balaban J connectivity index is 1.40. The number of fused-ring (bicyclic) bond motifs is 3. The molecule has 1 aliphatic carbocycles. The summed E-state index contributed by atoms with van der Waals surface area (Å²) in [6, 6.07) is 7.64. The SMILES string of the molecule is Cc1cc(CNC(=O)c2oc3c(c2C)-c2nn(Cc4ccccn4)cc2CC3)no1. The summed E-state index contributed by atoms with van der Waals surface area (Å²) < 4.78 is 12.9. The number of aryl methyl sites for hydroxylation is 3. The van der Waals surface area contributed by atoms with Crippen LogP contribution in [0.5, 0.6) is 0 Å². The summed E-state index contributed by atoms with van der Waals surface area (Å²) in [6.07, 6.45) is 5.42. The first-order chi connectivity index (χ1) is 14.6. The Morgan fingerprint density at radius 3 is 2.90 bits per heavy atom. The van der Waals surface area contributed by atoms with E-state index in [1.807, 2.05) is 36.7 Å². The Kier molecular flexibility index (Phi) is 4.46. The topological polar surface area (TPSA) is 99.0 Å². The number of pyridine rings is 1. The van der Waals surface area contributed by atoms with Crippen LogP contribution >= 0.6 is 0 Å². The molecule has 0 radical (unpaired) electrons. The summed E-state index contributed by atoms with van der Waals surface area (Å²) in [7, 11) is 0. The van der Waals surface area contributed by atoms with Gasteiger partial charge < -0.3 is 14.3 Å². The van der Waals surface area contributed by atoms with Crippen molar-refractivity contribution >= 4 is 5.91 Å². The van der Waals surface area contributed by atoms with E-state index in [0.717, 1.165) is 46.7 Å². The third-order valence-electron chi connectivity index (χ3n) is 5.28. The molecule has 1 aliphatic rings. The van der Waals surface area contributed by atoms with Gasteiger partial charge in [-0.2, -0.15) is 5.10 Å². The molecule has 0 fully saturated rings. The highest BCUT2D eigenvalue weighted by molar-refractivity contribution is 5.95. The van der Waals surface area contributed by atoms with Crippen molar-refractivity contribution in [1.29, 1.82) is 0 Å². The maximum Gasteiger partial charge on any atom is 0.287 e. The number of nitrogens with zero attached hydrogens (tertiary/aromatic N) is 4. The minimum atomic E-state index is -0.267. The summed E-state index contributed by atoms with van der Waals surface area (Å²) in [6.45, 7) is 4.60. The Hall–Kier alpha value is -3.68. The molecule has 0 aromatic carbocycles. The molecule has 0 unspecified atom stereocenters. The van der Waals surface area contributed by atoms with Gasteiger partial charge in [0.05, 0.1) is 24.5 Å². The Bertz CT molecular complexity index is 1220. The van der Waals surface area contributed by atoms with Gasteiger partial charge in [-0.05, 0) is 38.0 Å². The molecule has 1 N–H and O–H groups in total. The van der Waals surface area contributed by atoms with Gasteiger partial charge in [-0.1, -0.05) is 11.2 Å². The number of hydrogen-bond acceptors (Lipinski definition) is 6. The fraction of sp³-hybridized carbons (Fsp3) is 0.273. The van der Waals surface area contributed by atoms with Crippen LogP contribution in [0.15, 0.2) is 45.6 Å². The van der Waals surface area contributed by atoms with Gasteiger partial charge in [0.1, 0.15) is 17.2 Å². The van der Waals surface area contributed by atoms with Gasteiger partial charge >= 0.3 is 0 Å². The van der Waals surface area contributed by atoms with Crippen molar-refractivity contribution in [2.24, 2.45) is 0 Å². The number of carbonyl (C=O) groups excluding carboxylic acids is 1. The van der Waals surface area contributed by atoms with E-state index in [0.29, 0.717) is 23.8 Å². The number of rotatable bonds is 5. The lowest BCUT2D eigenvalue weighted by Gasteiger charge is -2.09. The summed E-state index contributed by atoms with van der Waals surface area (Å²) in [4.78, 5) is 17.1. The maximum atomic E-state index is 12.7. The molecule has 8 heteroatoms. The molecule has 8 nitrogen and oxygen atoms in total. The van der Waals surface area contributed by atoms with Gasteiger partial charge in [-0.25, -0.2) is 0 Å². The second-order valence-corrected chi connectivity index (χ2v) is 7.49. The zero-order valence-electron chi connectivity index (χ0n) is 16.8. The molecule has 0 atom stereocenters. The molecule has 4 aromatic rings. The van der Waals surface area contributed by atoms with Crippen LogP contribution in [0.4, 0.5) is 0 Å². The Labute approximate surface area is 172 Å². The Morgan fingerprint density at radius 2 is 2.13 bits per heavy atom. The lowest BCUT2D eigenvalue weighted by molar-refractivity contribution is 0.0919. The van der Waals surface area contributed by atoms with Crippen LogP contribution in [-0.2, 0) is 25.9 Å². The predicted octanol–water partition coefficient (Wildman–Crippen LogP) is 3.22. The van der Waals surface area contributed by atoms with Crippen LogP contribution in [0.25, 0.3) is 11.3 Å². The minimum Gasteiger partial charge on any atom is -0.455 e. The quantitative estimate of drug-likeness (QED) is 0.549. The monoisotopic (exact) mass is 403 g/mol. The van der Waals surface area contributed by atoms with E-state index < -0.39 is 0 Å². The van der Waals surface area contributed by atoms with E-state index in [1.165, 1.54) is 0 Å². The number of amides is 1. The number of carbonyl (C=O) groups is 1. The van der Waals surface area contributed by atoms with E-state index in [1.54, 1.807) is 12.3 Å². The smallest absolute Gasteiger partial charge is 0.287 e. The van der Waals surface area contributed by atoms with Crippen molar-refractivity contribution in [2.45, 2.75) is 39.8 Å². The molecule has 0 aliphatic heterocycles. The van der Waals surface area contributed by atoms with Crippen LogP contribution in [0, 0.1) is 13.8 Å². The van der Waals surface area contributed by atoms with Crippen molar-refractivity contribution in [3.05, 3.63) is 76.5 Å². The van der Waals surface area contributed by atoms with Crippen LogP contribution in [0.2, 0.25) is 0 Å². The molecule has 0 spiro atoms. The first-order valence-corrected chi connectivity index (χ1v) is 9.87. The molecule has 1 amide bonds. The van der Waals surface area contributed by atoms with Crippen molar-refractivity contribution in [3.8, 4) is 11.3 Å². The fourth-order valence-corrected chi connectivity index (χ4v) is 3.87. The number of hydrogen-bond donors (Lipinski definition) is 1. The van der Waals surface area contributed by atoms with Crippen molar-refractivity contribution in [3.63, 3.8) is 0 Å². The largest absolute Gasteiger partial charge is 0.455 e. The molecule has 152 valence electrons. The van der Waals surface area contributed by atoms with Crippen LogP contribution in [0.1, 0.15) is 44.6 Å². The van der Waals surface area contributed by atoms with E-state index >= 15 is 0 Å². The number of aromatic nitrogens is 4. The van der Waals surface area contributed by atoms with E-state index in [-0.39, 0.29) is 12.5 Å². The molecule has 0 saturated heterocycles. The molecular weight excluding hydrogens is 382 g/mol. The minimum absolute atomic E-state index is 0.267. The van der Waals surface area contributed by atoms with E-state index in [4.69, 9.17) is 14.0 Å². The normalized spacial score (nSPS) is 12.5. The van der Waals surface area contributed by atoms with E-state index in [2.05, 4.69) is 21.7 Å². The van der Waals surface area contributed by atoms with Gasteiger partial charge in [0.25, 0.3) is 5.91 Å². The summed E-state index contributed by atoms with van der Waals surface area (Å²) >= 11 is 0. The van der Waals surface area contributed by atoms with Crippen molar-refractivity contribution in [2.75, 3.05) is 0 Å². The molecule has 4 heterocycles. The summed E-state index contributed by atoms with van der Waals surface area (Å²) in [5.41, 5.74) is 5.41. The molecule has 30 heavy (non-hydrogen) atoms. The highest BCUT2D eigenvalue weighted by atomic mass is 16.5. The summed E-state index contributed by atoms with van der Waals surface area (Å²) in [5, 5.41) is 11.5. The maximum absolute atomic E-state index is 12.7. The predicted molar refractivity (Wildman–Crippen MR) is 108 cm³/mol. The van der Waals surface area contributed by atoms with Gasteiger partial charge in [-0.3, -0.25) is 14.5 Å². The summed E-state index contributed by atoms with van der Waals surface area (Å²) in [5.74, 6) is 1.58. The van der Waals surface area contributed by atoms with Gasteiger partial charge in [0.2, 0.25) is 0 Å².